The van der Waals surface area contributed by atoms with Gasteiger partial charge in [0, 0.05) is 30.4 Å². The fourth-order valence-corrected chi connectivity index (χ4v) is 1.92. The molecule has 1 N–H and O–H groups in total. The van der Waals surface area contributed by atoms with Gasteiger partial charge in [-0.05, 0) is 5.53 Å². The molecule has 1 fully saturated rings. The largest absolute Gasteiger partial charge is 0.389 e. The monoisotopic (exact) mass is 236 g/mol. The highest BCUT2D eigenvalue weighted by Gasteiger charge is 2.34. The Balaban J connectivity index is 2.02. The number of rotatable bonds is 3. The van der Waals surface area contributed by atoms with Crippen LogP contribution in [0.5, 0.6) is 0 Å². The van der Waals surface area contributed by atoms with E-state index in [1.165, 1.54) is 4.90 Å². The predicted molar refractivity (Wildman–Crippen MR) is 57.9 cm³/mol. The van der Waals surface area contributed by atoms with Crippen molar-refractivity contribution in [3.8, 4) is 0 Å². The van der Waals surface area contributed by atoms with Crippen molar-refractivity contribution in [2.75, 3.05) is 19.6 Å². The molecule has 2 unspecified atom stereocenters. The molecule has 2 atom stereocenters. The average molecular weight is 236 g/mol. The summed E-state index contributed by atoms with van der Waals surface area (Å²) in [5, 5.41) is 13.1. The molecule has 2 heterocycles. The predicted octanol–water partition coefficient (Wildman–Crippen LogP) is -0.0624. The first-order valence-corrected chi connectivity index (χ1v) is 5.16. The maximum absolute atomic E-state index is 11.6. The Morgan fingerprint density at radius 1 is 1.65 bits per heavy atom. The smallest absolute Gasteiger partial charge is 0.228 e. The highest BCUT2D eigenvalue weighted by atomic mass is 16.3. The second-order valence-corrected chi connectivity index (χ2v) is 3.83. The zero-order valence-corrected chi connectivity index (χ0v) is 9.05. The van der Waals surface area contributed by atoms with Crippen molar-refractivity contribution in [2.24, 2.45) is 5.11 Å². The van der Waals surface area contributed by atoms with Crippen LogP contribution in [0.15, 0.2) is 23.8 Å². The van der Waals surface area contributed by atoms with E-state index in [1.807, 2.05) is 0 Å². The number of azide groups is 1. The lowest BCUT2D eigenvalue weighted by Gasteiger charge is -2.15. The van der Waals surface area contributed by atoms with Crippen LogP contribution >= 0.6 is 0 Å². The summed E-state index contributed by atoms with van der Waals surface area (Å²) in [7, 11) is 0. The number of nitrogens with zero attached hydrogens (tertiary/aromatic N) is 6. The molecule has 0 aromatic carbocycles. The van der Waals surface area contributed by atoms with Crippen LogP contribution in [0.4, 0.5) is 0 Å². The third-order valence-electron chi connectivity index (χ3n) is 2.79. The van der Waals surface area contributed by atoms with Crippen LogP contribution in [-0.4, -0.2) is 51.2 Å². The lowest BCUT2D eigenvalue weighted by Crippen LogP contribution is -2.31. The summed E-state index contributed by atoms with van der Waals surface area (Å²) in [6.07, 6.45) is 4.35. The molecule has 2 rings (SSSR count). The zero-order chi connectivity index (χ0) is 12.3. The maximum Gasteiger partial charge on any atom is 0.228 e. The molecule has 0 radical (unpaired) electrons. The van der Waals surface area contributed by atoms with Crippen LogP contribution in [0, 0.1) is 0 Å². The van der Waals surface area contributed by atoms with Crippen molar-refractivity contribution in [1.82, 2.24) is 14.5 Å². The minimum atomic E-state index is -0.626. The van der Waals surface area contributed by atoms with Crippen molar-refractivity contribution < 1.29 is 9.90 Å². The molecule has 1 aromatic heterocycles. The highest BCUT2D eigenvalue weighted by Crippen LogP contribution is 2.21. The summed E-state index contributed by atoms with van der Waals surface area (Å²) < 4.78 is 1.77. The van der Waals surface area contributed by atoms with Gasteiger partial charge >= 0.3 is 0 Å². The maximum atomic E-state index is 11.6. The summed E-state index contributed by atoms with van der Waals surface area (Å²) in [6.45, 7) is 0.444. The van der Waals surface area contributed by atoms with Crippen LogP contribution < -0.4 is 0 Å². The fourth-order valence-electron chi connectivity index (χ4n) is 1.92. The van der Waals surface area contributed by atoms with Crippen LogP contribution in [0.2, 0.25) is 0 Å². The van der Waals surface area contributed by atoms with Gasteiger partial charge in [-0.25, -0.2) is 4.98 Å². The molecule has 1 amide bonds. The van der Waals surface area contributed by atoms with Crippen LogP contribution in [0.25, 0.3) is 10.4 Å². The zero-order valence-electron chi connectivity index (χ0n) is 9.05. The summed E-state index contributed by atoms with van der Waals surface area (Å²) in [5.74, 6) is -0.274. The highest BCUT2D eigenvalue weighted by molar-refractivity contribution is 5.78. The minimum Gasteiger partial charge on any atom is -0.389 e. The van der Waals surface area contributed by atoms with E-state index >= 15 is 0 Å². The molecular weight excluding hydrogens is 224 g/mol. The van der Waals surface area contributed by atoms with Gasteiger partial charge < -0.3 is 14.6 Å². The molecule has 90 valence electrons. The van der Waals surface area contributed by atoms with Crippen LogP contribution in [0.3, 0.4) is 0 Å². The molecule has 0 bridgehead atoms. The van der Waals surface area contributed by atoms with Crippen molar-refractivity contribution >= 4 is 5.91 Å². The Kier molecular flexibility index (Phi) is 3.27. The Morgan fingerprint density at radius 2 is 2.47 bits per heavy atom. The van der Waals surface area contributed by atoms with E-state index in [0.717, 1.165) is 0 Å². The molecule has 0 spiro atoms. The molecular formula is C9H12N6O2. The van der Waals surface area contributed by atoms with E-state index in [4.69, 9.17) is 5.53 Å². The van der Waals surface area contributed by atoms with E-state index < -0.39 is 6.10 Å². The molecule has 0 aliphatic carbocycles. The first kappa shape index (κ1) is 11.4. The van der Waals surface area contributed by atoms with E-state index in [-0.39, 0.29) is 25.0 Å². The van der Waals surface area contributed by atoms with Gasteiger partial charge in [0.05, 0.1) is 18.5 Å². The van der Waals surface area contributed by atoms with Crippen LogP contribution in [-0.2, 0) is 4.79 Å². The summed E-state index contributed by atoms with van der Waals surface area (Å²) in [6, 6.07) is -0.187. The SMILES string of the molecule is [N-]=[N+]=NCC(=O)N1CC(O)C(n2ccnc2)C1. The van der Waals surface area contributed by atoms with Crippen LogP contribution in [0.1, 0.15) is 6.04 Å². The van der Waals surface area contributed by atoms with Gasteiger partial charge in [-0.15, -0.1) is 0 Å². The number of aliphatic hydroxyl groups excluding tert-OH is 1. The molecule has 1 aliphatic heterocycles. The quantitative estimate of drug-likeness (QED) is 0.451. The average Bonchev–Trinajstić information content (AvgIpc) is 2.94. The Labute approximate surface area is 97.1 Å². The fraction of sp³-hybridized carbons (Fsp3) is 0.556. The Bertz CT molecular complexity index is 438. The van der Waals surface area contributed by atoms with E-state index in [2.05, 4.69) is 15.0 Å². The number of carbonyl (C=O) groups excluding carboxylic acids is 1. The standard InChI is InChI=1S/C9H12N6O2/c10-13-12-3-9(17)15-4-7(8(16)5-15)14-2-1-11-6-14/h1-2,6-8,16H,3-5H2. The summed E-state index contributed by atoms with van der Waals surface area (Å²) in [4.78, 5) is 19.5. The van der Waals surface area contributed by atoms with Gasteiger partial charge in [-0.3, -0.25) is 4.79 Å². The number of aromatic nitrogens is 2. The van der Waals surface area contributed by atoms with Gasteiger partial charge in [0.1, 0.15) is 6.54 Å². The number of β-amino-alcohol motifs (C(OH)–C–C–N with tert-alkyl or cyclic N) is 1. The number of aliphatic hydroxyl groups is 1. The normalized spacial score (nSPS) is 23.5. The molecule has 8 nitrogen and oxygen atoms in total. The number of amides is 1. The van der Waals surface area contributed by atoms with E-state index in [0.29, 0.717) is 6.54 Å². The number of carbonyl (C=O) groups is 1. The van der Waals surface area contributed by atoms with E-state index in [1.54, 1.807) is 23.3 Å². The van der Waals surface area contributed by atoms with Gasteiger partial charge in [0.15, 0.2) is 0 Å². The van der Waals surface area contributed by atoms with Crippen molar-refractivity contribution in [2.45, 2.75) is 12.1 Å². The lowest BCUT2D eigenvalue weighted by molar-refractivity contribution is -0.129. The van der Waals surface area contributed by atoms with Gasteiger partial charge in [0.25, 0.3) is 0 Å². The van der Waals surface area contributed by atoms with Crippen molar-refractivity contribution in [3.63, 3.8) is 0 Å². The van der Waals surface area contributed by atoms with E-state index in [9.17, 15) is 9.90 Å². The third kappa shape index (κ3) is 2.38. The molecule has 1 saturated heterocycles. The number of hydrogen-bond acceptors (Lipinski definition) is 4. The molecule has 1 aliphatic rings. The number of imidazole rings is 1. The second-order valence-electron chi connectivity index (χ2n) is 3.83. The number of likely N-dealkylation sites (tertiary alicyclic amines) is 1. The topological polar surface area (TPSA) is 107 Å². The summed E-state index contributed by atoms with van der Waals surface area (Å²) >= 11 is 0. The Hall–Kier alpha value is -2.05. The molecule has 8 heteroatoms. The molecule has 17 heavy (non-hydrogen) atoms. The second kappa shape index (κ2) is 4.86. The van der Waals surface area contributed by atoms with Gasteiger partial charge in [0.2, 0.25) is 5.91 Å². The van der Waals surface area contributed by atoms with Crippen molar-refractivity contribution in [1.29, 1.82) is 0 Å². The first-order chi connectivity index (χ1) is 8.22. The third-order valence-corrected chi connectivity index (χ3v) is 2.79. The van der Waals surface area contributed by atoms with Crippen molar-refractivity contribution in [3.05, 3.63) is 29.2 Å². The lowest BCUT2D eigenvalue weighted by atomic mass is 10.2. The minimum absolute atomic E-state index is 0.187. The van der Waals surface area contributed by atoms with Gasteiger partial charge in [-0.2, -0.15) is 0 Å². The molecule has 0 saturated carbocycles. The number of hydrogen-bond donors (Lipinski definition) is 1. The first-order valence-electron chi connectivity index (χ1n) is 5.16. The molecule has 1 aromatic rings. The Morgan fingerprint density at radius 3 is 3.12 bits per heavy atom. The summed E-state index contributed by atoms with van der Waals surface area (Å²) in [5.41, 5.74) is 8.14. The van der Waals surface area contributed by atoms with Gasteiger partial charge in [-0.1, -0.05) is 5.11 Å².